The van der Waals surface area contributed by atoms with Crippen molar-refractivity contribution in [3.05, 3.63) is 108 Å². The molecule has 3 aromatic rings. The van der Waals surface area contributed by atoms with Gasteiger partial charge in [0.2, 0.25) is 17.7 Å². The third-order valence-electron chi connectivity index (χ3n) is 6.73. The number of amides is 3. The molecule has 11 nitrogen and oxygen atoms in total. The van der Waals surface area contributed by atoms with Gasteiger partial charge in [-0.3, -0.25) is 19.2 Å². The van der Waals surface area contributed by atoms with Crippen LogP contribution in [0.4, 0.5) is 0 Å². The van der Waals surface area contributed by atoms with Crippen LogP contribution < -0.4 is 21.7 Å². The molecule has 0 unspecified atom stereocenters. The average Bonchev–Trinajstić information content (AvgIpc) is 2.99. The van der Waals surface area contributed by atoms with E-state index in [1.54, 1.807) is 54.6 Å². The van der Waals surface area contributed by atoms with Crippen LogP contribution in [0.1, 0.15) is 29.5 Å². The van der Waals surface area contributed by atoms with Crippen molar-refractivity contribution < 1.29 is 34.2 Å². The van der Waals surface area contributed by atoms with Crippen LogP contribution in [-0.4, -0.2) is 64.0 Å². The number of rotatable bonds is 16. The topological polar surface area (TPSA) is 188 Å². The summed E-state index contributed by atoms with van der Waals surface area (Å²) >= 11 is 0. The molecule has 7 N–H and O–H groups in total. The van der Waals surface area contributed by atoms with E-state index in [-0.39, 0.29) is 25.7 Å². The van der Waals surface area contributed by atoms with Crippen LogP contribution in [-0.2, 0) is 43.2 Å². The quantitative estimate of drug-likeness (QED) is 0.145. The molecule has 0 saturated heterocycles. The first-order chi connectivity index (χ1) is 20.6. The van der Waals surface area contributed by atoms with E-state index in [9.17, 15) is 29.1 Å². The van der Waals surface area contributed by atoms with Gasteiger partial charge in [-0.15, -0.1) is 0 Å². The van der Waals surface area contributed by atoms with Crippen LogP contribution in [0.5, 0.6) is 0 Å². The molecule has 0 bridgehead atoms. The summed E-state index contributed by atoms with van der Waals surface area (Å²) in [5, 5.41) is 26.3. The maximum Gasteiger partial charge on any atom is 0.326 e. The van der Waals surface area contributed by atoms with Gasteiger partial charge in [-0.2, -0.15) is 0 Å². The molecule has 4 atom stereocenters. The highest BCUT2D eigenvalue weighted by atomic mass is 16.4. The minimum Gasteiger partial charge on any atom is -0.481 e. The van der Waals surface area contributed by atoms with Crippen molar-refractivity contribution in [2.45, 2.75) is 56.3 Å². The van der Waals surface area contributed by atoms with Gasteiger partial charge in [-0.05, 0) is 29.5 Å². The summed E-state index contributed by atoms with van der Waals surface area (Å²) in [6.45, 7) is 0. The van der Waals surface area contributed by atoms with Gasteiger partial charge >= 0.3 is 11.9 Å². The Morgan fingerprint density at radius 3 is 1.33 bits per heavy atom. The molecular formula is C32H36N4O7. The second kappa shape index (κ2) is 16.4. The zero-order valence-corrected chi connectivity index (χ0v) is 23.5. The van der Waals surface area contributed by atoms with Gasteiger partial charge in [-0.1, -0.05) is 91.0 Å². The number of carbonyl (C=O) groups excluding carboxylic acids is 3. The summed E-state index contributed by atoms with van der Waals surface area (Å²) in [5.41, 5.74) is 8.46. The SMILES string of the molecule is N[C@@H](Cc1ccccc1)C(=O)N[C@@H](Cc1ccccc1)C(=O)N[C@@H](Cc1ccccc1)C(=O)N[C@@H](CCC(=O)O)C(=O)O. The molecule has 0 aliphatic carbocycles. The van der Waals surface area contributed by atoms with Crippen molar-refractivity contribution in [1.29, 1.82) is 0 Å². The van der Waals surface area contributed by atoms with Gasteiger partial charge in [-0.25, -0.2) is 4.79 Å². The fourth-order valence-corrected chi connectivity index (χ4v) is 4.43. The second-order valence-electron chi connectivity index (χ2n) is 10.1. The normalized spacial score (nSPS) is 13.5. The lowest BCUT2D eigenvalue weighted by Gasteiger charge is -2.25. The molecule has 0 saturated carbocycles. The molecule has 0 aliphatic heterocycles. The first-order valence-corrected chi connectivity index (χ1v) is 13.9. The second-order valence-corrected chi connectivity index (χ2v) is 10.1. The molecular weight excluding hydrogens is 552 g/mol. The summed E-state index contributed by atoms with van der Waals surface area (Å²) in [5.74, 6) is -4.64. The smallest absolute Gasteiger partial charge is 0.326 e. The zero-order chi connectivity index (χ0) is 31.2. The monoisotopic (exact) mass is 588 g/mol. The lowest BCUT2D eigenvalue weighted by Crippen LogP contribution is -2.58. The summed E-state index contributed by atoms with van der Waals surface area (Å²) in [6.07, 6.45) is -0.441. The van der Waals surface area contributed by atoms with E-state index < -0.39 is 60.2 Å². The van der Waals surface area contributed by atoms with Gasteiger partial charge < -0.3 is 31.9 Å². The highest BCUT2D eigenvalue weighted by Crippen LogP contribution is 2.09. The standard InChI is InChI=1S/C32H36N4O7/c33-24(18-21-10-4-1-5-11-21)29(39)35-26(19-22-12-6-2-7-13-22)31(41)36-27(20-23-14-8-3-9-15-23)30(40)34-25(32(42)43)16-17-28(37)38/h1-15,24-27H,16-20,33H2,(H,34,40)(H,35,39)(H,36,41)(H,37,38)(H,42,43)/t24-,25-,26-,27-/m0/s1. The maximum absolute atomic E-state index is 13.7. The highest BCUT2D eigenvalue weighted by molar-refractivity contribution is 5.94. The number of carbonyl (C=O) groups is 5. The van der Waals surface area contributed by atoms with Crippen LogP contribution in [0.25, 0.3) is 0 Å². The number of nitrogens with two attached hydrogens (primary N) is 1. The van der Waals surface area contributed by atoms with E-state index in [0.717, 1.165) is 11.1 Å². The Morgan fingerprint density at radius 2 is 0.930 bits per heavy atom. The van der Waals surface area contributed by atoms with Crippen LogP contribution >= 0.6 is 0 Å². The molecule has 0 radical (unpaired) electrons. The zero-order valence-electron chi connectivity index (χ0n) is 23.5. The van der Waals surface area contributed by atoms with Crippen molar-refractivity contribution in [1.82, 2.24) is 16.0 Å². The van der Waals surface area contributed by atoms with Crippen LogP contribution in [0.3, 0.4) is 0 Å². The molecule has 3 amide bonds. The Labute approximate surface area is 249 Å². The lowest BCUT2D eigenvalue weighted by molar-refractivity contribution is -0.143. The number of carboxylic acid groups (broad SMARTS) is 2. The van der Waals surface area contributed by atoms with Gasteiger partial charge in [0.25, 0.3) is 0 Å². The van der Waals surface area contributed by atoms with E-state index >= 15 is 0 Å². The molecule has 0 spiro atoms. The predicted octanol–water partition coefficient (Wildman–Crippen LogP) is 1.45. The maximum atomic E-state index is 13.7. The minimum atomic E-state index is -1.48. The number of hydrogen-bond donors (Lipinski definition) is 6. The molecule has 3 rings (SSSR count). The first-order valence-electron chi connectivity index (χ1n) is 13.9. The van der Waals surface area contributed by atoms with Crippen LogP contribution in [0.15, 0.2) is 91.0 Å². The molecule has 11 heteroatoms. The predicted molar refractivity (Wildman–Crippen MR) is 159 cm³/mol. The van der Waals surface area contributed by atoms with Crippen molar-refractivity contribution >= 4 is 29.7 Å². The molecule has 0 aliphatic rings. The number of nitrogens with one attached hydrogen (secondary N) is 3. The number of aliphatic carboxylic acids is 2. The third kappa shape index (κ3) is 11.0. The molecule has 0 fully saturated rings. The van der Waals surface area contributed by atoms with Gasteiger partial charge in [0.1, 0.15) is 18.1 Å². The largest absolute Gasteiger partial charge is 0.481 e. The fourth-order valence-electron chi connectivity index (χ4n) is 4.43. The van der Waals surface area contributed by atoms with E-state index in [0.29, 0.717) is 5.56 Å². The minimum absolute atomic E-state index is 0.0171. The van der Waals surface area contributed by atoms with Crippen molar-refractivity contribution in [3.8, 4) is 0 Å². The molecule has 3 aromatic carbocycles. The Hall–Kier alpha value is -5.03. The Kier molecular flexibility index (Phi) is 12.4. The molecule has 226 valence electrons. The van der Waals surface area contributed by atoms with Gasteiger partial charge in [0.05, 0.1) is 6.04 Å². The fraction of sp³-hybridized carbons (Fsp3) is 0.281. The summed E-state index contributed by atoms with van der Waals surface area (Å²) in [7, 11) is 0. The third-order valence-corrected chi connectivity index (χ3v) is 6.73. The Balaban J connectivity index is 1.81. The van der Waals surface area contributed by atoms with E-state index in [1.807, 2.05) is 36.4 Å². The van der Waals surface area contributed by atoms with Crippen LogP contribution in [0, 0.1) is 0 Å². The average molecular weight is 589 g/mol. The number of carboxylic acids is 2. The van der Waals surface area contributed by atoms with E-state index in [4.69, 9.17) is 10.8 Å². The van der Waals surface area contributed by atoms with Crippen LogP contribution in [0.2, 0.25) is 0 Å². The van der Waals surface area contributed by atoms with Gasteiger partial charge in [0, 0.05) is 19.3 Å². The number of benzene rings is 3. The molecule has 0 heterocycles. The van der Waals surface area contributed by atoms with Crippen molar-refractivity contribution in [2.24, 2.45) is 5.73 Å². The number of hydrogen-bond acceptors (Lipinski definition) is 6. The van der Waals surface area contributed by atoms with Gasteiger partial charge in [0.15, 0.2) is 0 Å². The lowest BCUT2D eigenvalue weighted by atomic mass is 10.0. The summed E-state index contributed by atoms with van der Waals surface area (Å²) in [6, 6.07) is 22.2. The molecule has 0 aromatic heterocycles. The van der Waals surface area contributed by atoms with Crippen molar-refractivity contribution in [2.75, 3.05) is 0 Å². The first kappa shape index (κ1) is 32.5. The van der Waals surface area contributed by atoms with E-state index in [2.05, 4.69) is 16.0 Å². The Bertz CT molecular complexity index is 1370. The molecule has 43 heavy (non-hydrogen) atoms. The Morgan fingerprint density at radius 1 is 0.558 bits per heavy atom. The summed E-state index contributed by atoms with van der Waals surface area (Å²) < 4.78 is 0. The van der Waals surface area contributed by atoms with Crippen molar-refractivity contribution in [3.63, 3.8) is 0 Å². The highest BCUT2D eigenvalue weighted by Gasteiger charge is 2.31. The summed E-state index contributed by atoms with van der Waals surface area (Å²) in [4.78, 5) is 62.8. The van der Waals surface area contributed by atoms with E-state index in [1.165, 1.54) is 0 Å².